The molecule has 2 nitrogen and oxygen atoms in total. The van der Waals surface area contributed by atoms with Crippen LogP contribution in [0.2, 0.25) is 0 Å². The fourth-order valence-electron chi connectivity index (χ4n) is 5.05. The van der Waals surface area contributed by atoms with E-state index < -0.39 is 0 Å². The lowest BCUT2D eigenvalue weighted by Gasteiger charge is -2.07. The lowest BCUT2D eigenvalue weighted by Crippen LogP contribution is -1.92. The van der Waals surface area contributed by atoms with Crippen LogP contribution in [0.15, 0.2) is 118 Å². The molecule has 0 unspecified atom stereocenters. The molecule has 0 spiro atoms. The molecule has 0 atom stereocenters. The van der Waals surface area contributed by atoms with Crippen LogP contribution in [0, 0.1) is 0 Å². The summed E-state index contributed by atoms with van der Waals surface area (Å²) in [6, 6.07) is 38.2. The molecule has 7 aromatic rings. The van der Waals surface area contributed by atoms with Crippen LogP contribution in [-0.2, 0) is 0 Å². The maximum absolute atomic E-state index is 6.73. The molecule has 0 saturated carbocycles. The van der Waals surface area contributed by atoms with Gasteiger partial charge in [-0.1, -0.05) is 88.7 Å². The Labute approximate surface area is 198 Å². The van der Waals surface area contributed by atoms with Crippen molar-refractivity contribution in [1.82, 2.24) is 4.57 Å². The van der Waals surface area contributed by atoms with Gasteiger partial charge in [0.2, 0.25) is 0 Å². The highest BCUT2D eigenvalue weighted by atomic mass is 79.9. The van der Waals surface area contributed by atoms with Gasteiger partial charge in [0, 0.05) is 31.9 Å². The SMILES string of the molecule is Brc1ccccc1-c1cccc2c1oc1c2ccc2c1c1ccccc1n2-c1ccccc1. The predicted octanol–water partition coefficient (Wildman–Crippen LogP) is 9.11. The van der Waals surface area contributed by atoms with Gasteiger partial charge in [0.25, 0.3) is 0 Å². The molecule has 2 aromatic heterocycles. The van der Waals surface area contributed by atoms with Gasteiger partial charge in [0.05, 0.1) is 16.4 Å². The maximum atomic E-state index is 6.73. The Bertz CT molecular complexity index is 1830. The second kappa shape index (κ2) is 7.09. The average Bonchev–Trinajstić information content (AvgIpc) is 3.40. The van der Waals surface area contributed by atoms with Crippen LogP contribution in [0.1, 0.15) is 0 Å². The van der Waals surface area contributed by atoms with Crippen LogP contribution >= 0.6 is 15.9 Å². The summed E-state index contributed by atoms with van der Waals surface area (Å²) in [4.78, 5) is 0. The summed E-state index contributed by atoms with van der Waals surface area (Å²) < 4.78 is 10.1. The van der Waals surface area contributed by atoms with Crippen molar-refractivity contribution in [1.29, 1.82) is 0 Å². The molecule has 0 aliphatic rings. The van der Waals surface area contributed by atoms with E-state index in [4.69, 9.17) is 4.42 Å². The number of hydrogen-bond donors (Lipinski definition) is 0. The molecular formula is C30H18BrNO. The Kier molecular flexibility index (Phi) is 4.02. The zero-order valence-corrected chi connectivity index (χ0v) is 19.2. The third-order valence-electron chi connectivity index (χ3n) is 6.48. The Morgan fingerprint density at radius 3 is 2.09 bits per heavy atom. The Morgan fingerprint density at radius 1 is 0.515 bits per heavy atom. The van der Waals surface area contributed by atoms with Gasteiger partial charge < -0.3 is 8.98 Å². The summed E-state index contributed by atoms with van der Waals surface area (Å²) in [7, 11) is 0. The third-order valence-corrected chi connectivity index (χ3v) is 7.17. The lowest BCUT2D eigenvalue weighted by molar-refractivity contribution is 0.674. The molecule has 0 fully saturated rings. The van der Waals surface area contributed by atoms with Crippen molar-refractivity contribution < 1.29 is 4.42 Å². The first-order valence-corrected chi connectivity index (χ1v) is 11.8. The van der Waals surface area contributed by atoms with E-state index in [9.17, 15) is 0 Å². The fourth-order valence-corrected chi connectivity index (χ4v) is 5.55. The monoisotopic (exact) mass is 487 g/mol. The quantitative estimate of drug-likeness (QED) is 0.237. The zero-order chi connectivity index (χ0) is 21.9. The van der Waals surface area contributed by atoms with Crippen molar-refractivity contribution in [3.63, 3.8) is 0 Å². The van der Waals surface area contributed by atoms with Crippen LogP contribution in [0.3, 0.4) is 0 Å². The number of halogens is 1. The van der Waals surface area contributed by atoms with Gasteiger partial charge in [0.15, 0.2) is 0 Å². The van der Waals surface area contributed by atoms with E-state index in [1.54, 1.807) is 0 Å². The molecule has 0 aliphatic carbocycles. The molecule has 33 heavy (non-hydrogen) atoms. The molecule has 5 aromatic carbocycles. The number of fused-ring (bicyclic) bond motifs is 7. The lowest BCUT2D eigenvalue weighted by atomic mass is 10.0. The van der Waals surface area contributed by atoms with E-state index in [1.807, 2.05) is 6.07 Å². The second-order valence-corrected chi connectivity index (χ2v) is 9.14. The molecule has 0 N–H and O–H groups in total. The molecule has 0 bridgehead atoms. The number of nitrogens with zero attached hydrogens (tertiary/aromatic N) is 1. The Morgan fingerprint density at radius 2 is 1.21 bits per heavy atom. The standard InChI is InChI=1S/C30H18BrNO/c31-25-15-6-4-11-20(25)21-13-8-14-22-23-17-18-27-28(30(23)33-29(21)22)24-12-5-7-16-26(24)32(27)19-9-2-1-3-10-19/h1-18H. The normalized spacial score (nSPS) is 11.8. The first-order valence-electron chi connectivity index (χ1n) is 11.0. The largest absolute Gasteiger partial charge is 0.455 e. The molecule has 0 saturated heterocycles. The zero-order valence-electron chi connectivity index (χ0n) is 17.6. The van der Waals surface area contributed by atoms with Crippen molar-refractivity contribution in [2.24, 2.45) is 0 Å². The van der Waals surface area contributed by atoms with Gasteiger partial charge in [-0.05, 0) is 42.0 Å². The van der Waals surface area contributed by atoms with E-state index in [0.29, 0.717) is 0 Å². The molecule has 0 aliphatic heterocycles. The van der Waals surface area contributed by atoms with Crippen LogP contribution in [0.5, 0.6) is 0 Å². The Hall–Kier alpha value is -3.82. The highest BCUT2D eigenvalue weighted by molar-refractivity contribution is 9.10. The number of para-hydroxylation sites is 3. The van der Waals surface area contributed by atoms with E-state index in [1.165, 1.54) is 10.9 Å². The van der Waals surface area contributed by atoms with Gasteiger partial charge >= 0.3 is 0 Å². The van der Waals surface area contributed by atoms with Crippen LogP contribution in [0.25, 0.3) is 60.6 Å². The fraction of sp³-hybridized carbons (Fsp3) is 0. The van der Waals surface area contributed by atoms with E-state index in [2.05, 4.69) is 124 Å². The van der Waals surface area contributed by atoms with Crippen molar-refractivity contribution >= 4 is 59.7 Å². The predicted molar refractivity (Wildman–Crippen MR) is 141 cm³/mol. The molecule has 0 amide bonds. The Balaban J connectivity index is 1.65. The number of rotatable bonds is 2. The minimum Gasteiger partial charge on any atom is -0.455 e. The maximum Gasteiger partial charge on any atom is 0.145 e. The summed E-state index contributed by atoms with van der Waals surface area (Å²) in [5, 5.41) is 4.63. The van der Waals surface area contributed by atoms with Crippen molar-refractivity contribution in [2.45, 2.75) is 0 Å². The van der Waals surface area contributed by atoms with Gasteiger partial charge in [0.1, 0.15) is 11.2 Å². The average molecular weight is 488 g/mol. The highest BCUT2D eigenvalue weighted by Crippen LogP contribution is 2.43. The number of aromatic nitrogens is 1. The van der Waals surface area contributed by atoms with Crippen LogP contribution in [-0.4, -0.2) is 4.57 Å². The highest BCUT2D eigenvalue weighted by Gasteiger charge is 2.20. The number of hydrogen-bond acceptors (Lipinski definition) is 1. The molecule has 7 rings (SSSR count). The summed E-state index contributed by atoms with van der Waals surface area (Å²) in [5.74, 6) is 0. The van der Waals surface area contributed by atoms with Crippen LogP contribution in [0.4, 0.5) is 0 Å². The molecule has 3 heteroatoms. The van der Waals surface area contributed by atoms with Gasteiger partial charge in [-0.3, -0.25) is 0 Å². The van der Waals surface area contributed by atoms with Gasteiger partial charge in [-0.25, -0.2) is 0 Å². The van der Waals surface area contributed by atoms with Gasteiger partial charge in [-0.15, -0.1) is 0 Å². The van der Waals surface area contributed by atoms with E-state index >= 15 is 0 Å². The van der Waals surface area contributed by atoms with Crippen LogP contribution < -0.4 is 0 Å². The topological polar surface area (TPSA) is 18.1 Å². The molecular weight excluding hydrogens is 470 g/mol. The summed E-state index contributed by atoms with van der Waals surface area (Å²) in [6.07, 6.45) is 0. The van der Waals surface area contributed by atoms with Crippen molar-refractivity contribution in [3.8, 4) is 16.8 Å². The third kappa shape index (κ3) is 2.66. The van der Waals surface area contributed by atoms with Crippen molar-refractivity contribution in [3.05, 3.63) is 114 Å². The van der Waals surface area contributed by atoms with Crippen molar-refractivity contribution in [2.75, 3.05) is 0 Å². The number of furan rings is 1. The minimum absolute atomic E-state index is 0.920. The summed E-state index contributed by atoms with van der Waals surface area (Å²) in [6.45, 7) is 0. The van der Waals surface area contributed by atoms with E-state index in [0.717, 1.165) is 54.1 Å². The van der Waals surface area contributed by atoms with E-state index in [-0.39, 0.29) is 0 Å². The summed E-state index contributed by atoms with van der Waals surface area (Å²) >= 11 is 3.72. The summed E-state index contributed by atoms with van der Waals surface area (Å²) in [5.41, 5.74) is 7.56. The second-order valence-electron chi connectivity index (χ2n) is 8.29. The molecule has 0 radical (unpaired) electrons. The minimum atomic E-state index is 0.920. The number of benzene rings is 5. The first-order chi connectivity index (χ1) is 16.3. The first kappa shape index (κ1) is 18.7. The molecule has 2 heterocycles. The smallest absolute Gasteiger partial charge is 0.145 e. The van der Waals surface area contributed by atoms with Gasteiger partial charge in [-0.2, -0.15) is 0 Å². The molecule has 156 valence electrons.